The first-order valence-corrected chi connectivity index (χ1v) is 12.5. The van der Waals surface area contributed by atoms with Crippen LogP contribution in [0.25, 0.3) is 0 Å². The number of urea groups is 1. The number of amides is 3. The highest BCUT2D eigenvalue weighted by Gasteiger charge is 2.54. The summed E-state index contributed by atoms with van der Waals surface area (Å²) in [5.41, 5.74) is 0.524. The van der Waals surface area contributed by atoms with Crippen molar-refractivity contribution in [3.63, 3.8) is 0 Å². The number of hydrogen-bond acceptors (Lipinski definition) is 6. The maximum atomic E-state index is 13.5. The van der Waals surface area contributed by atoms with Crippen molar-refractivity contribution in [2.24, 2.45) is 5.92 Å². The molecule has 3 amide bonds. The van der Waals surface area contributed by atoms with E-state index in [1.54, 1.807) is 18.6 Å². The van der Waals surface area contributed by atoms with Crippen molar-refractivity contribution in [1.82, 2.24) is 25.9 Å². The Morgan fingerprint density at radius 1 is 1.00 bits per heavy atom. The van der Waals surface area contributed by atoms with Crippen LogP contribution in [-0.4, -0.2) is 52.2 Å². The topological polar surface area (TPSA) is 114 Å². The molecule has 36 heavy (non-hydrogen) atoms. The van der Waals surface area contributed by atoms with Gasteiger partial charge in [-0.2, -0.15) is 0 Å². The van der Waals surface area contributed by atoms with Crippen molar-refractivity contribution in [1.29, 1.82) is 0 Å². The maximum Gasteiger partial charge on any atom is 0.481 e. The second-order valence-corrected chi connectivity index (χ2v) is 10.6. The number of carbonyl (C=O) groups excluding carboxylic acids is 2. The van der Waals surface area contributed by atoms with Gasteiger partial charge in [0.1, 0.15) is 6.04 Å². The Kier molecular flexibility index (Phi) is 9.08. The summed E-state index contributed by atoms with van der Waals surface area (Å²) < 4.78 is 12.5. The van der Waals surface area contributed by atoms with Gasteiger partial charge in [0.25, 0.3) is 0 Å². The van der Waals surface area contributed by atoms with Crippen LogP contribution in [0.5, 0.6) is 0 Å². The second-order valence-electron chi connectivity index (χ2n) is 10.6. The quantitative estimate of drug-likeness (QED) is 0.437. The number of nitrogens with zero attached hydrogens (tertiary/aromatic N) is 2. The minimum atomic E-state index is -0.800. The van der Waals surface area contributed by atoms with Crippen molar-refractivity contribution in [3.8, 4) is 0 Å². The van der Waals surface area contributed by atoms with Gasteiger partial charge in [-0.3, -0.25) is 14.8 Å². The predicted molar refractivity (Wildman–Crippen MR) is 139 cm³/mol. The molecule has 1 aliphatic heterocycles. The molecule has 9 nitrogen and oxygen atoms in total. The van der Waals surface area contributed by atoms with E-state index in [1.807, 2.05) is 58.0 Å². The zero-order valence-electron chi connectivity index (χ0n) is 22.1. The number of nitrogens with one attached hydrogen (secondary N) is 3. The molecule has 1 saturated heterocycles. The average Bonchev–Trinajstić information content (AvgIpc) is 3.04. The SMILES string of the molecule is CC(C)C[C@H](NC(=O)[C@H](Cc1ccccc1)NC(=O)NCc1cnccn1)B1OC(C)(C)C(C)(C)O1. The van der Waals surface area contributed by atoms with E-state index in [-0.39, 0.29) is 18.4 Å². The number of hydrogen-bond donors (Lipinski definition) is 3. The molecule has 0 saturated carbocycles. The van der Waals surface area contributed by atoms with Crippen LogP contribution < -0.4 is 16.0 Å². The lowest BCUT2D eigenvalue weighted by molar-refractivity contribution is -0.123. The molecule has 0 bridgehead atoms. The summed E-state index contributed by atoms with van der Waals surface area (Å²) in [5, 5.41) is 8.69. The summed E-state index contributed by atoms with van der Waals surface area (Å²) in [4.78, 5) is 34.4. The summed E-state index contributed by atoms with van der Waals surface area (Å²) in [5.74, 6) is -0.375. The van der Waals surface area contributed by atoms with Crippen LogP contribution in [0.3, 0.4) is 0 Å². The smallest absolute Gasteiger partial charge is 0.402 e. The minimum absolute atomic E-state index is 0.198. The molecule has 0 radical (unpaired) electrons. The van der Waals surface area contributed by atoms with Crippen LogP contribution in [0.4, 0.5) is 4.79 Å². The molecule has 0 spiro atoms. The lowest BCUT2D eigenvalue weighted by Gasteiger charge is -2.32. The summed E-state index contributed by atoms with van der Waals surface area (Å²) in [6.45, 7) is 12.3. The van der Waals surface area contributed by atoms with Crippen LogP contribution in [0.1, 0.15) is 59.2 Å². The molecule has 3 rings (SSSR count). The van der Waals surface area contributed by atoms with Crippen molar-refractivity contribution < 1.29 is 18.9 Å². The van der Waals surface area contributed by atoms with Gasteiger partial charge in [-0.25, -0.2) is 4.79 Å². The van der Waals surface area contributed by atoms with Crippen LogP contribution in [0, 0.1) is 5.92 Å². The first kappa shape index (κ1) is 27.6. The molecule has 1 aromatic carbocycles. The van der Waals surface area contributed by atoms with E-state index in [0.717, 1.165) is 5.56 Å². The molecule has 1 aliphatic rings. The number of carbonyl (C=O) groups is 2. The Morgan fingerprint density at radius 3 is 2.25 bits per heavy atom. The van der Waals surface area contributed by atoms with E-state index in [2.05, 4.69) is 39.8 Å². The number of rotatable bonds is 10. The Bertz CT molecular complexity index is 988. The van der Waals surface area contributed by atoms with E-state index < -0.39 is 30.4 Å². The highest BCUT2D eigenvalue weighted by molar-refractivity contribution is 6.48. The van der Waals surface area contributed by atoms with Gasteiger partial charge in [0.15, 0.2) is 0 Å². The van der Waals surface area contributed by atoms with E-state index >= 15 is 0 Å². The van der Waals surface area contributed by atoms with Gasteiger partial charge in [0, 0.05) is 18.8 Å². The minimum Gasteiger partial charge on any atom is -0.402 e. The largest absolute Gasteiger partial charge is 0.481 e. The van der Waals surface area contributed by atoms with Crippen molar-refractivity contribution in [2.75, 3.05) is 0 Å². The van der Waals surface area contributed by atoms with Crippen molar-refractivity contribution in [3.05, 3.63) is 60.2 Å². The molecule has 3 N–H and O–H groups in total. The van der Waals surface area contributed by atoms with Crippen LogP contribution in [0.2, 0.25) is 0 Å². The van der Waals surface area contributed by atoms with E-state index in [4.69, 9.17) is 9.31 Å². The molecule has 1 fully saturated rings. The van der Waals surface area contributed by atoms with Gasteiger partial charge in [-0.15, -0.1) is 0 Å². The maximum absolute atomic E-state index is 13.5. The molecule has 2 atom stereocenters. The molecule has 194 valence electrons. The second kappa shape index (κ2) is 11.8. The molecule has 2 aromatic rings. The third kappa shape index (κ3) is 7.51. The van der Waals surface area contributed by atoms with Crippen LogP contribution in [0.15, 0.2) is 48.9 Å². The highest BCUT2D eigenvalue weighted by atomic mass is 16.7. The van der Waals surface area contributed by atoms with Crippen LogP contribution >= 0.6 is 0 Å². The van der Waals surface area contributed by atoms with E-state index in [9.17, 15) is 9.59 Å². The summed E-state index contributed by atoms with van der Waals surface area (Å²) >= 11 is 0. The van der Waals surface area contributed by atoms with Gasteiger partial charge < -0.3 is 25.3 Å². The molecule has 0 aliphatic carbocycles. The average molecular weight is 495 g/mol. The monoisotopic (exact) mass is 495 g/mol. The number of benzene rings is 1. The lowest BCUT2D eigenvalue weighted by Crippen LogP contribution is -2.56. The molecular weight excluding hydrogens is 457 g/mol. The summed E-state index contributed by atoms with van der Waals surface area (Å²) in [6.07, 6.45) is 5.71. The highest BCUT2D eigenvalue weighted by Crippen LogP contribution is 2.38. The standard InChI is InChI=1S/C26H38BN5O4/c1-18(2)14-22(27-35-25(3,4)26(5,6)36-27)32-23(33)21(15-19-10-8-7-9-11-19)31-24(34)30-17-20-16-28-12-13-29-20/h7-13,16,18,21-22H,14-15,17H2,1-6H3,(H,32,33)(H2,30,31,34)/t21-,22-/m0/s1. The van der Waals surface area contributed by atoms with Gasteiger partial charge in [-0.05, 0) is 45.6 Å². The molecular formula is C26H38BN5O4. The Balaban J connectivity index is 1.73. The van der Waals surface area contributed by atoms with Crippen LogP contribution in [-0.2, 0) is 27.1 Å². The van der Waals surface area contributed by atoms with Gasteiger partial charge in [0.05, 0.1) is 35.6 Å². The zero-order valence-corrected chi connectivity index (χ0v) is 22.1. The third-order valence-corrected chi connectivity index (χ3v) is 6.60. The van der Waals surface area contributed by atoms with Gasteiger partial charge in [-0.1, -0.05) is 44.2 Å². The van der Waals surface area contributed by atoms with E-state index in [0.29, 0.717) is 24.5 Å². The van der Waals surface area contributed by atoms with Gasteiger partial charge >= 0.3 is 13.1 Å². The Hall–Kier alpha value is -2.98. The molecule has 1 aromatic heterocycles. The first-order chi connectivity index (χ1) is 17.0. The fourth-order valence-electron chi connectivity index (χ4n) is 3.94. The zero-order chi connectivity index (χ0) is 26.3. The molecule has 2 heterocycles. The number of aromatic nitrogens is 2. The Morgan fingerprint density at radius 2 is 1.67 bits per heavy atom. The first-order valence-electron chi connectivity index (χ1n) is 12.5. The normalized spacial score (nSPS) is 17.9. The van der Waals surface area contributed by atoms with E-state index in [1.165, 1.54) is 0 Å². The molecule has 10 heteroatoms. The third-order valence-electron chi connectivity index (χ3n) is 6.60. The summed E-state index contributed by atoms with van der Waals surface area (Å²) in [6, 6.07) is 8.32. The van der Waals surface area contributed by atoms with Gasteiger partial charge in [0.2, 0.25) is 5.91 Å². The Labute approximate surface area is 214 Å². The fourth-order valence-corrected chi connectivity index (χ4v) is 3.94. The van der Waals surface area contributed by atoms with Crippen molar-refractivity contribution in [2.45, 2.75) is 84.1 Å². The molecule has 0 unspecified atom stereocenters. The fraction of sp³-hybridized carbons (Fsp3) is 0.538. The lowest BCUT2D eigenvalue weighted by atomic mass is 9.74. The summed E-state index contributed by atoms with van der Waals surface area (Å²) in [7, 11) is -0.593. The van der Waals surface area contributed by atoms with Crippen molar-refractivity contribution >= 4 is 19.1 Å². The predicted octanol–water partition coefficient (Wildman–Crippen LogP) is 3.05.